The lowest BCUT2D eigenvalue weighted by molar-refractivity contribution is -0.122. The van der Waals surface area contributed by atoms with Crippen molar-refractivity contribution in [1.29, 1.82) is 0 Å². The Morgan fingerprint density at radius 1 is 1.43 bits per heavy atom. The molecule has 1 aliphatic heterocycles. The first kappa shape index (κ1) is 14.0. The molecule has 4 heteroatoms. The first-order valence-electron chi connectivity index (χ1n) is 7.65. The Hall–Kier alpha value is -1.94. The molecule has 1 aliphatic rings. The zero-order chi connectivity index (χ0) is 14.7. The fourth-order valence-electron chi connectivity index (χ4n) is 3.16. The molecule has 0 radical (unpaired) electrons. The fourth-order valence-corrected chi connectivity index (χ4v) is 3.16. The van der Waals surface area contributed by atoms with Gasteiger partial charge >= 0.3 is 0 Å². The Balaban J connectivity index is 1.82. The molecule has 1 atom stereocenters. The van der Waals surface area contributed by atoms with Crippen LogP contribution in [0.2, 0.25) is 0 Å². The summed E-state index contributed by atoms with van der Waals surface area (Å²) >= 11 is 0. The van der Waals surface area contributed by atoms with Gasteiger partial charge in [-0.1, -0.05) is 19.4 Å². The van der Waals surface area contributed by atoms with E-state index in [4.69, 9.17) is 0 Å². The molecule has 0 spiro atoms. The number of fused-ring (bicyclic) bond motifs is 1. The largest absolute Gasteiger partial charge is 0.324 e. The van der Waals surface area contributed by atoms with Gasteiger partial charge in [-0.15, -0.1) is 0 Å². The minimum Gasteiger partial charge on any atom is -0.324 e. The molecule has 1 aromatic carbocycles. The Kier molecular flexibility index (Phi) is 3.88. The molecule has 1 aromatic heterocycles. The zero-order valence-corrected chi connectivity index (χ0v) is 12.4. The van der Waals surface area contributed by atoms with Crippen LogP contribution in [0.25, 0.3) is 10.9 Å². The monoisotopic (exact) mass is 283 g/mol. The van der Waals surface area contributed by atoms with Gasteiger partial charge in [-0.05, 0) is 50.1 Å². The summed E-state index contributed by atoms with van der Waals surface area (Å²) in [4.78, 5) is 17.0. The predicted octanol–water partition coefficient (Wildman–Crippen LogP) is 3.10. The number of hydrogen-bond acceptors (Lipinski definition) is 3. The number of nitrogens with zero attached hydrogens (tertiary/aromatic N) is 1. The number of nitrogens with one attached hydrogen (secondary N) is 2. The molecule has 4 nitrogen and oxygen atoms in total. The van der Waals surface area contributed by atoms with Crippen LogP contribution in [0.3, 0.4) is 0 Å². The molecule has 1 unspecified atom stereocenters. The zero-order valence-electron chi connectivity index (χ0n) is 12.4. The summed E-state index contributed by atoms with van der Waals surface area (Å²) in [5.74, 6) is 0.0880. The summed E-state index contributed by atoms with van der Waals surface area (Å²) in [5.41, 5.74) is 1.39. The molecule has 0 aliphatic carbocycles. The highest BCUT2D eigenvalue weighted by molar-refractivity contribution is 5.99. The van der Waals surface area contributed by atoms with E-state index in [-0.39, 0.29) is 5.91 Å². The van der Waals surface area contributed by atoms with Crippen LogP contribution in [0.15, 0.2) is 36.5 Å². The van der Waals surface area contributed by atoms with Crippen LogP contribution in [-0.2, 0) is 4.79 Å². The lowest BCUT2D eigenvalue weighted by atomic mass is 9.90. The van der Waals surface area contributed by atoms with Gasteiger partial charge in [0.05, 0.1) is 11.1 Å². The predicted molar refractivity (Wildman–Crippen MR) is 85.2 cm³/mol. The molecule has 21 heavy (non-hydrogen) atoms. The highest BCUT2D eigenvalue weighted by Crippen LogP contribution is 2.27. The summed E-state index contributed by atoms with van der Waals surface area (Å²) in [6.07, 6.45) is 5.65. The average molecular weight is 283 g/mol. The minimum absolute atomic E-state index is 0.0880. The SMILES string of the molecule is CCCC1(C(=O)Nc2ccc3ncccc3c2)CCCN1. The van der Waals surface area contributed by atoms with Gasteiger partial charge in [0, 0.05) is 17.3 Å². The van der Waals surface area contributed by atoms with Gasteiger partial charge in [0.2, 0.25) is 5.91 Å². The van der Waals surface area contributed by atoms with E-state index in [1.807, 2.05) is 30.3 Å². The maximum Gasteiger partial charge on any atom is 0.244 e. The van der Waals surface area contributed by atoms with Crippen molar-refractivity contribution < 1.29 is 4.79 Å². The Bertz CT molecular complexity index is 647. The third-order valence-corrected chi connectivity index (χ3v) is 4.22. The van der Waals surface area contributed by atoms with Gasteiger partial charge in [-0.3, -0.25) is 9.78 Å². The molecule has 1 fully saturated rings. The minimum atomic E-state index is -0.390. The Labute approximate surface area is 125 Å². The van der Waals surface area contributed by atoms with Crippen LogP contribution in [0, 0.1) is 0 Å². The molecular weight excluding hydrogens is 262 g/mol. The van der Waals surface area contributed by atoms with E-state index in [9.17, 15) is 4.79 Å². The van der Waals surface area contributed by atoms with Gasteiger partial charge in [0.1, 0.15) is 0 Å². The van der Waals surface area contributed by atoms with Crippen molar-refractivity contribution >= 4 is 22.5 Å². The molecule has 2 heterocycles. The van der Waals surface area contributed by atoms with Gasteiger partial charge in [0.25, 0.3) is 0 Å². The maximum absolute atomic E-state index is 12.7. The fraction of sp³-hybridized carbons (Fsp3) is 0.412. The summed E-state index contributed by atoms with van der Waals surface area (Å²) in [7, 11) is 0. The second kappa shape index (κ2) is 5.82. The van der Waals surface area contributed by atoms with Crippen molar-refractivity contribution in [2.24, 2.45) is 0 Å². The molecule has 0 saturated carbocycles. The summed E-state index contributed by atoms with van der Waals surface area (Å²) in [6, 6.07) is 9.76. The quantitative estimate of drug-likeness (QED) is 0.906. The molecule has 110 valence electrons. The van der Waals surface area contributed by atoms with Crippen LogP contribution in [0.1, 0.15) is 32.6 Å². The first-order chi connectivity index (χ1) is 10.2. The number of hydrogen-bond donors (Lipinski definition) is 2. The second-order valence-corrected chi connectivity index (χ2v) is 5.73. The van der Waals surface area contributed by atoms with Crippen molar-refractivity contribution in [3.05, 3.63) is 36.5 Å². The molecule has 2 N–H and O–H groups in total. The highest BCUT2D eigenvalue weighted by atomic mass is 16.2. The Morgan fingerprint density at radius 3 is 3.10 bits per heavy atom. The number of benzene rings is 1. The molecule has 0 bridgehead atoms. The van der Waals surface area contributed by atoms with E-state index < -0.39 is 5.54 Å². The van der Waals surface area contributed by atoms with E-state index >= 15 is 0 Å². The molecule has 1 saturated heterocycles. The lowest BCUT2D eigenvalue weighted by Gasteiger charge is -2.27. The number of anilines is 1. The van der Waals surface area contributed by atoms with E-state index in [0.29, 0.717) is 0 Å². The van der Waals surface area contributed by atoms with Crippen molar-refractivity contribution in [2.75, 3.05) is 11.9 Å². The third kappa shape index (κ3) is 2.76. The molecule has 2 aromatic rings. The summed E-state index contributed by atoms with van der Waals surface area (Å²) in [6.45, 7) is 3.05. The van der Waals surface area contributed by atoms with Gasteiger partial charge in [-0.25, -0.2) is 0 Å². The number of pyridine rings is 1. The normalized spacial score (nSPS) is 21.6. The standard InChI is InChI=1S/C17H21N3O/c1-2-8-17(9-4-11-19-17)16(21)20-14-6-7-15-13(12-14)5-3-10-18-15/h3,5-7,10,12,19H,2,4,8-9,11H2,1H3,(H,20,21). The van der Waals surface area contributed by atoms with Crippen molar-refractivity contribution in [2.45, 2.75) is 38.1 Å². The van der Waals surface area contributed by atoms with Gasteiger partial charge in [-0.2, -0.15) is 0 Å². The number of aromatic nitrogens is 1. The number of rotatable bonds is 4. The van der Waals surface area contributed by atoms with Crippen LogP contribution in [-0.4, -0.2) is 23.0 Å². The highest BCUT2D eigenvalue weighted by Gasteiger charge is 2.39. The Morgan fingerprint density at radius 2 is 2.33 bits per heavy atom. The third-order valence-electron chi connectivity index (χ3n) is 4.22. The number of amides is 1. The first-order valence-corrected chi connectivity index (χ1v) is 7.65. The molecule has 1 amide bonds. The van der Waals surface area contributed by atoms with Crippen LogP contribution >= 0.6 is 0 Å². The van der Waals surface area contributed by atoms with Crippen molar-refractivity contribution in [3.63, 3.8) is 0 Å². The topological polar surface area (TPSA) is 54.0 Å². The number of carbonyl (C=O) groups excluding carboxylic acids is 1. The number of carbonyl (C=O) groups is 1. The van der Waals surface area contributed by atoms with Crippen LogP contribution < -0.4 is 10.6 Å². The second-order valence-electron chi connectivity index (χ2n) is 5.73. The lowest BCUT2D eigenvalue weighted by Crippen LogP contribution is -2.50. The van der Waals surface area contributed by atoms with Gasteiger partial charge in [0.15, 0.2) is 0 Å². The maximum atomic E-state index is 12.7. The smallest absolute Gasteiger partial charge is 0.244 e. The average Bonchev–Trinajstić information content (AvgIpc) is 2.97. The van der Waals surface area contributed by atoms with Gasteiger partial charge < -0.3 is 10.6 Å². The van der Waals surface area contributed by atoms with Crippen molar-refractivity contribution in [3.8, 4) is 0 Å². The molecular formula is C17H21N3O. The van der Waals surface area contributed by atoms with E-state index in [0.717, 1.165) is 48.8 Å². The van der Waals surface area contributed by atoms with E-state index in [2.05, 4.69) is 22.5 Å². The summed E-state index contributed by atoms with van der Waals surface area (Å²) in [5, 5.41) is 7.52. The summed E-state index contributed by atoms with van der Waals surface area (Å²) < 4.78 is 0. The van der Waals surface area contributed by atoms with Crippen molar-refractivity contribution in [1.82, 2.24) is 10.3 Å². The van der Waals surface area contributed by atoms with E-state index in [1.165, 1.54) is 0 Å². The van der Waals surface area contributed by atoms with Crippen LogP contribution in [0.5, 0.6) is 0 Å². The molecule has 3 rings (SSSR count). The van der Waals surface area contributed by atoms with E-state index in [1.54, 1.807) is 6.20 Å². The van der Waals surface area contributed by atoms with Crippen LogP contribution in [0.4, 0.5) is 5.69 Å².